The molecule has 0 N–H and O–H groups in total. The maximum Gasteiger partial charge on any atom is 0.319 e. The van der Waals surface area contributed by atoms with Crippen molar-refractivity contribution in [3.05, 3.63) is 29.3 Å². The molecule has 2 saturated heterocycles. The molecule has 3 amide bonds. The van der Waals surface area contributed by atoms with Crippen LogP contribution in [0.3, 0.4) is 0 Å². The van der Waals surface area contributed by atoms with E-state index < -0.39 is 0 Å². The summed E-state index contributed by atoms with van der Waals surface area (Å²) in [4.78, 5) is 31.8. The summed E-state index contributed by atoms with van der Waals surface area (Å²) in [7, 11) is 3.59. The number of unbranched alkanes of at least 4 members (excludes halogenated alkanes) is 3. The maximum absolute atomic E-state index is 13.4. The van der Waals surface area contributed by atoms with Crippen LogP contribution >= 0.6 is 0 Å². The van der Waals surface area contributed by atoms with Gasteiger partial charge in [-0.15, -0.1) is 0 Å². The standard InChI is InChI=1S/C25H37N3O3/c1-4-5-6-7-15-31-19-10-11-20-18(16-19)12-14-27-22(20)17-23-21(24(27)29)9-8-13-28(23)25(30)26(2)3/h10-11,16,21-23H,4-9,12-15,17H2,1-3H3. The zero-order chi connectivity index (χ0) is 22.0. The predicted molar refractivity (Wildman–Crippen MR) is 121 cm³/mol. The fourth-order valence-electron chi connectivity index (χ4n) is 5.59. The van der Waals surface area contributed by atoms with E-state index in [1.54, 1.807) is 19.0 Å². The monoisotopic (exact) mass is 427 g/mol. The Kier molecular flexibility index (Phi) is 6.73. The lowest BCUT2D eigenvalue weighted by atomic mass is 9.76. The molecule has 3 atom stereocenters. The number of ether oxygens (including phenoxy) is 1. The van der Waals surface area contributed by atoms with E-state index in [1.807, 2.05) is 4.90 Å². The van der Waals surface area contributed by atoms with Gasteiger partial charge >= 0.3 is 6.03 Å². The van der Waals surface area contributed by atoms with Gasteiger partial charge in [0, 0.05) is 33.2 Å². The summed E-state index contributed by atoms with van der Waals surface area (Å²) in [6.07, 6.45) is 8.30. The van der Waals surface area contributed by atoms with E-state index in [0.717, 1.165) is 57.6 Å². The summed E-state index contributed by atoms with van der Waals surface area (Å²) >= 11 is 0. The van der Waals surface area contributed by atoms with Gasteiger partial charge in [0.05, 0.1) is 18.6 Å². The van der Waals surface area contributed by atoms with E-state index in [0.29, 0.717) is 0 Å². The first-order chi connectivity index (χ1) is 15.0. The average Bonchev–Trinajstić information content (AvgIpc) is 2.78. The van der Waals surface area contributed by atoms with Crippen molar-refractivity contribution in [1.29, 1.82) is 0 Å². The third kappa shape index (κ3) is 4.39. The van der Waals surface area contributed by atoms with Crippen LogP contribution in [0.25, 0.3) is 0 Å². The smallest absolute Gasteiger partial charge is 0.319 e. The fraction of sp³-hybridized carbons (Fsp3) is 0.680. The van der Waals surface area contributed by atoms with Gasteiger partial charge in [0.2, 0.25) is 5.91 Å². The highest BCUT2D eigenvalue weighted by Gasteiger charge is 2.48. The molecular weight excluding hydrogens is 390 g/mol. The number of amides is 3. The van der Waals surface area contributed by atoms with Gasteiger partial charge in [-0.1, -0.05) is 32.3 Å². The minimum atomic E-state index is -0.0545. The topological polar surface area (TPSA) is 53.1 Å². The van der Waals surface area contributed by atoms with Gasteiger partial charge in [-0.2, -0.15) is 0 Å². The van der Waals surface area contributed by atoms with Crippen LogP contribution in [-0.2, 0) is 11.2 Å². The van der Waals surface area contributed by atoms with Crippen LogP contribution in [0.2, 0.25) is 0 Å². The summed E-state index contributed by atoms with van der Waals surface area (Å²) in [5.74, 6) is 1.12. The summed E-state index contributed by atoms with van der Waals surface area (Å²) in [6.45, 7) is 4.49. The van der Waals surface area contributed by atoms with Crippen molar-refractivity contribution in [2.24, 2.45) is 5.92 Å². The zero-order valence-electron chi connectivity index (χ0n) is 19.3. The van der Waals surface area contributed by atoms with E-state index >= 15 is 0 Å². The highest BCUT2D eigenvalue weighted by molar-refractivity contribution is 5.83. The first-order valence-electron chi connectivity index (χ1n) is 12.0. The van der Waals surface area contributed by atoms with Crippen molar-refractivity contribution in [3.8, 4) is 5.75 Å². The maximum atomic E-state index is 13.4. The average molecular weight is 428 g/mol. The van der Waals surface area contributed by atoms with Crippen LogP contribution in [0.1, 0.15) is 69.0 Å². The molecule has 2 fully saturated rings. The number of carbonyl (C=O) groups is 2. The molecule has 0 radical (unpaired) electrons. The summed E-state index contributed by atoms with van der Waals surface area (Å²) in [5.41, 5.74) is 2.53. The molecule has 0 aromatic heterocycles. The van der Waals surface area contributed by atoms with E-state index in [-0.39, 0.29) is 29.9 Å². The van der Waals surface area contributed by atoms with Crippen LogP contribution in [0.4, 0.5) is 4.79 Å². The lowest BCUT2D eigenvalue weighted by Crippen LogP contribution is -2.61. The molecule has 4 rings (SSSR count). The number of piperidine rings is 2. The van der Waals surface area contributed by atoms with Crippen molar-refractivity contribution in [3.63, 3.8) is 0 Å². The van der Waals surface area contributed by atoms with Crippen LogP contribution in [0, 0.1) is 5.92 Å². The second-order valence-corrected chi connectivity index (χ2v) is 9.49. The van der Waals surface area contributed by atoms with Crippen molar-refractivity contribution >= 4 is 11.9 Å². The molecule has 3 aliphatic heterocycles. The summed E-state index contributed by atoms with van der Waals surface area (Å²) in [5, 5.41) is 0. The molecule has 3 heterocycles. The Morgan fingerprint density at radius 2 is 2.03 bits per heavy atom. The molecule has 6 heteroatoms. The first-order valence-corrected chi connectivity index (χ1v) is 12.0. The van der Waals surface area contributed by atoms with E-state index in [1.165, 1.54) is 30.4 Å². The van der Waals surface area contributed by atoms with Crippen LogP contribution < -0.4 is 4.74 Å². The minimum absolute atomic E-state index is 0.00200. The Morgan fingerprint density at radius 3 is 2.81 bits per heavy atom. The lowest BCUT2D eigenvalue weighted by molar-refractivity contribution is -0.148. The highest BCUT2D eigenvalue weighted by atomic mass is 16.5. The van der Waals surface area contributed by atoms with Gasteiger partial charge in [0.1, 0.15) is 5.75 Å². The molecule has 0 bridgehead atoms. The zero-order valence-corrected chi connectivity index (χ0v) is 19.3. The molecule has 3 aliphatic rings. The Bertz CT molecular complexity index is 809. The number of urea groups is 1. The van der Waals surface area contributed by atoms with Gasteiger partial charge in [0.25, 0.3) is 0 Å². The number of fused-ring (bicyclic) bond motifs is 4. The minimum Gasteiger partial charge on any atom is -0.494 e. The van der Waals surface area contributed by atoms with Crippen molar-refractivity contribution < 1.29 is 14.3 Å². The van der Waals surface area contributed by atoms with Crippen molar-refractivity contribution in [2.75, 3.05) is 33.8 Å². The number of benzene rings is 1. The number of likely N-dealkylation sites (tertiary alicyclic amines) is 1. The number of hydrogen-bond donors (Lipinski definition) is 0. The SMILES string of the molecule is CCCCCCOc1ccc2c(c1)CCN1C(=O)C3CCCN(C(=O)N(C)C)C3CC21. The molecule has 0 aliphatic carbocycles. The second-order valence-electron chi connectivity index (χ2n) is 9.49. The number of carbonyl (C=O) groups excluding carboxylic acids is 2. The lowest BCUT2D eigenvalue weighted by Gasteiger charge is -2.51. The molecule has 3 unspecified atom stereocenters. The Morgan fingerprint density at radius 1 is 1.19 bits per heavy atom. The summed E-state index contributed by atoms with van der Waals surface area (Å²) < 4.78 is 6.00. The number of rotatable bonds is 6. The van der Waals surface area contributed by atoms with Gasteiger partial charge < -0.3 is 19.4 Å². The molecule has 1 aromatic carbocycles. The molecule has 170 valence electrons. The molecule has 1 aromatic rings. The van der Waals surface area contributed by atoms with Gasteiger partial charge in [-0.25, -0.2) is 4.79 Å². The van der Waals surface area contributed by atoms with E-state index in [2.05, 4.69) is 30.0 Å². The van der Waals surface area contributed by atoms with E-state index in [9.17, 15) is 9.59 Å². The van der Waals surface area contributed by atoms with Crippen molar-refractivity contribution in [1.82, 2.24) is 14.7 Å². The third-order valence-electron chi connectivity index (χ3n) is 7.21. The largest absolute Gasteiger partial charge is 0.494 e. The molecular formula is C25H37N3O3. The molecule has 6 nitrogen and oxygen atoms in total. The van der Waals surface area contributed by atoms with Crippen molar-refractivity contribution in [2.45, 2.75) is 70.4 Å². The highest BCUT2D eigenvalue weighted by Crippen LogP contribution is 2.44. The van der Waals surface area contributed by atoms with Crippen LogP contribution in [-0.4, -0.2) is 66.5 Å². The molecule has 0 spiro atoms. The Balaban J connectivity index is 1.51. The Hall–Kier alpha value is -2.24. The van der Waals surface area contributed by atoms with Gasteiger partial charge in [0.15, 0.2) is 0 Å². The number of hydrogen-bond acceptors (Lipinski definition) is 3. The van der Waals surface area contributed by atoms with Crippen LogP contribution in [0.5, 0.6) is 5.75 Å². The molecule has 31 heavy (non-hydrogen) atoms. The van der Waals surface area contributed by atoms with Gasteiger partial charge in [-0.05, 0) is 55.4 Å². The van der Waals surface area contributed by atoms with Crippen LogP contribution in [0.15, 0.2) is 18.2 Å². The third-order valence-corrected chi connectivity index (χ3v) is 7.21. The normalized spacial score (nSPS) is 24.9. The molecule has 0 saturated carbocycles. The first kappa shape index (κ1) is 22.0. The second kappa shape index (κ2) is 9.49. The fourth-order valence-corrected chi connectivity index (χ4v) is 5.59. The Labute approximate surface area is 186 Å². The number of nitrogens with zero attached hydrogens (tertiary/aromatic N) is 3. The summed E-state index contributed by atoms with van der Waals surface area (Å²) in [6, 6.07) is 6.47. The van der Waals surface area contributed by atoms with E-state index in [4.69, 9.17) is 4.74 Å². The van der Waals surface area contributed by atoms with Gasteiger partial charge in [-0.3, -0.25) is 4.79 Å². The quantitative estimate of drug-likeness (QED) is 0.638. The predicted octanol–water partition coefficient (Wildman–Crippen LogP) is 4.24.